The van der Waals surface area contributed by atoms with Crippen molar-refractivity contribution >= 4 is 0 Å². The molecule has 0 radical (unpaired) electrons. The van der Waals surface area contributed by atoms with Crippen LogP contribution in [0.15, 0.2) is 42.7 Å². The molecule has 3 nitrogen and oxygen atoms in total. The highest BCUT2D eigenvalue weighted by atomic mass is 14.9. The zero-order valence-corrected chi connectivity index (χ0v) is 8.56. The van der Waals surface area contributed by atoms with E-state index in [0.29, 0.717) is 6.54 Å². The molecule has 1 heterocycles. The van der Waals surface area contributed by atoms with Crippen LogP contribution in [0.3, 0.4) is 0 Å². The molecule has 2 aromatic rings. The Hall–Kier alpha value is -1.61. The molecule has 1 unspecified atom stereocenters. The number of aromatic nitrogens is 2. The second-order valence-electron chi connectivity index (χ2n) is 3.52. The normalized spacial score (nSPS) is 12.6. The third-order valence-electron chi connectivity index (χ3n) is 2.51. The van der Waals surface area contributed by atoms with Crippen molar-refractivity contribution in [2.24, 2.45) is 5.73 Å². The minimum absolute atomic E-state index is 0.284. The first-order valence-corrected chi connectivity index (χ1v) is 5.16. The van der Waals surface area contributed by atoms with E-state index in [1.54, 1.807) is 6.20 Å². The number of imidazole rings is 1. The van der Waals surface area contributed by atoms with Crippen molar-refractivity contribution < 1.29 is 0 Å². The van der Waals surface area contributed by atoms with Crippen LogP contribution in [0.25, 0.3) is 0 Å². The van der Waals surface area contributed by atoms with Crippen molar-refractivity contribution in [2.45, 2.75) is 12.3 Å². The Balaban J connectivity index is 2.28. The van der Waals surface area contributed by atoms with Crippen LogP contribution in [0.4, 0.5) is 0 Å². The van der Waals surface area contributed by atoms with E-state index in [1.165, 1.54) is 5.56 Å². The number of H-pyrrole nitrogens is 1. The van der Waals surface area contributed by atoms with Gasteiger partial charge in [0.1, 0.15) is 5.82 Å². The average Bonchev–Trinajstić information content (AvgIpc) is 2.80. The third-order valence-corrected chi connectivity index (χ3v) is 2.51. The highest BCUT2D eigenvalue weighted by Gasteiger charge is 2.14. The largest absolute Gasteiger partial charge is 0.348 e. The Morgan fingerprint density at radius 1 is 1.27 bits per heavy atom. The van der Waals surface area contributed by atoms with Crippen molar-refractivity contribution in [3.8, 4) is 0 Å². The molecule has 78 valence electrons. The Labute approximate surface area is 89.4 Å². The fraction of sp³-hybridized carbons (Fsp3) is 0.250. The van der Waals surface area contributed by atoms with Crippen molar-refractivity contribution in [3.63, 3.8) is 0 Å². The van der Waals surface area contributed by atoms with Gasteiger partial charge >= 0.3 is 0 Å². The molecule has 0 spiro atoms. The van der Waals surface area contributed by atoms with Gasteiger partial charge in [-0.3, -0.25) is 0 Å². The van der Waals surface area contributed by atoms with Gasteiger partial charge in [-0.1, -0.05) is 30.3 Å². The minimum atomic E-state index is 0.284. The van der Waals surface area contributed by atoms with E-state index in [9.17, 15) is 0 Å². The van der Waals surface area contributed by atoms with Gasteiger partial charge in [-0.05, 0) is 18.5 Å². The van der Waals surface area contributed by atoms with E-state index in [4.69, 9.17) is 5.73 Å². The first-order chi connectivity index (χ1) is 7.42. The summed E-state index contributed by atoms with van der Waals surface area (Å²) in [5.41, 5.74) is 6.89. The van der Waals surface area contributed by atoms with E-state index in [2.05, 4.69) is 22.1 Å². The standard InChI is InChI=1S/C12H15N3/c13-7-6-11(12-14-8-9-15-12)10-4-2-1-3-5-10/h1-5,8-9,11H,6-7,13H2,(H,14,15). The minimum Gasteiger partial charge on any atom is -0.348 e. The zero-order valence-electron chi connectivity index (χ0n) is 8.56. The maximum Gasteiger partial charge on any atom is 0.113 e. The molecular weight excluding hydrogens is 186 g/mol. The van der Waals surface area contributed by atoms with Gasteiger partial charge in [-0.2, -0.15) is 0 Å². The molecule has 0 fully saturated rings. The lowest BCUT2D eigenvalue weighted by molar-refractivity contribution is 0.690. The van der Waals surface area contributed by atoms with E-state index in [1.807, 2.05) is 24.4 Å². The molecule has 0 saturated carbocycles. The number of benzene rings is 1. The first-order valence-electron chi connectivity index (χ1n) is 5.16. The number of nitrogens with one attached hydrogen (secondary N) is 1. The molecule has 3 N–H and O–H groups in total. The van der Waals surface area contributed by atoms with Gasteiger partial charge in [0.2, 0.25) is 0 Å². The number of rotatable bonds is 4. The van der Waals surface area contributed by atoms with Gasteiger partial charge in [0.15, 0.2) is 0 Å². The van der Waals surface area contributed by atoms with E-state index >= 15 is 0 Å². The number of hydrogen-bond acceptors (Lipinski definition) is 2. The Morgan fingerprint density at radius 3 is 2.67 bits per heavy atom. The summed E-state index contributed by atoms with van der Waals surface area (Å²) in [6.45, 7) is 0.667. The van der Waals surface area contributed by atoms with Crippen molar-refractivity contribution in [1.82, 2.24) is 9.97 Å². The molecule has 2 rings (SSSR count). The summed E-state index contributed by atoms with van der Waals surface area (Å²) in [6, 6.07) is 10.3. The summed E-state index contributed by atoms with van der Waals surface area (Å²) in [5, 5.41) is 0. The number of hydrogen-bond donors (Lipinski definition) is 2. The molecular formula is C12H15N3. The first kappa shape index (κ1) is 9.93. The summed E-state index contributed by atoms with van der Waals surface area (Å²) in [4.78, 5) is 7.45. The molecule has 0 bridgehead atoms. The van der Waals surface area contributed by atoms with Gasteiger partial charge in [-0.25, -0.2) is 4.98 Å². The average molecular weight is 201 g/mol. The Morgan fingerprint density at radius 2 is 2.07 bits per heavy atom. The van der Waals surface area contributed by atoms with Crippen LogP contribution in [-0.4, -0.2) is 16.5 Å². The van der Waals surface area contributed by atoms with Crippen LogP contribution in [0.1, 0.15) is 23.7 Å². The molecule has 0 saturated heterocycles. The van der Waals surface area contributed by atoms with Gasteiger partial charge in [-0.15, -0.1) is 0 Å². The lowest BCUT2D eigenvalue weighted by atomic mass is 9.95. The lowest BCUT2D eigenvalue weighted by Gasteiger charge is -2.13. The van der Waals surface area contributed by atoms with Crippen LogP contribution < -0.4 is 5.73 Å². The molecule has 1 aromatic carbocycles. The molecule has 0 aliphatic heterocycles. The van der Waals surface area contributed by atoms with Crippen LogP contribution in [-0.2, 0) is 0 Å². The molecule has 15 heavy (non-hydrogen) atoms. The summed E-state index contributed by atoms with van der Waals surface area (Å²) >= 11 is 0. The highest BCUT2D eigenvalue weighted by Crippen LogP contribution is 2.24. The lowest BCUT2D eigenvalue weighted by Crippen LogP contribution is -2.10. The fourth-order valence-corrected chi connectivity index (χ4v) is 1.78. The van der Waals surface area contributed by atoms with E-state index in [0.717, 1.165) is 12.2 Å². The maximum atomic E-state index is 5.63. The van der Waals surface area contributed by atoms with E-state index in [-0.39, 0.29) is 5.92 Å². The number of nitrogens with two attached hydrogens (primary N) is 1. The quantitative estimate of drug-likeness (QED) is 0.793. The third kappa shape index (κ3) is 2.25. The second kappa shape index (κ2) is 4.75. The Bertz CT molecular complexity index is 381. The fourth-order valence-electron chi connectivity index (χ4n) is 1.78. The van der Waals surface area contributed by atoms with Crippen LogP contribution in [0, 0.1) is 0 Å². The van der Waals surface area contributed by atoms with Crippen LogP contribution in [0.5, 0.6) is 0 Å². The predicted molar refractivity (Wildman–Crippen MR) is 60.5 cm³/mol. The summed E-state index contributed by atoms with van der Waals surface area (Å²) < 4.78 is 0. The van der Waals surface area contributed by atoms with Crippen molar-refractivity contribution in [3.05, 3.63) is 54.1 Å². The van der Waals surface area contributed by atoms with Gasteiger partial charge in [0.05, 0.1) is 0 Å². The number of nitrogens with zero attached hydrogens (tertiary/aromatic N) is 1. The monoisotopic (exact) mass is 201 g/mol. The molecule has 1 atom stereocenters. The van der Waals surface area contributed by atoms with Crippen molar-refractivity contribution in [1.29, 1.82) is 0 Å². The van der Waals surface area contributed by atoms with Crippen molar-refractivity contribution in [2.75, 3.05) is 6.54 Å². The predicted octanol–water partition coefficient (Wildman–Crippen LogP) is 1.89. The van der Waals surface area contributed by atoms with Gasteiger partial charge in [0.25, 0.3) is 0 Å². The maximum absolute atomic E-state index is 5.63. The van der Waals surface area contributed by atoms with Crippen LogP contribution in [0.2, 0.25) is 0 Å². The SMILES string of the molecule is NCCC(c1ccccc1)c1ncc[nH]1. The molecule has 0 aliphatic carbocycles. The Kier molecular flexibility index (Phi) is 3.15. The summed E-state index contributed by atoms with van der Waals surface area (Å²) in [5.74, 6) is 1.28. The molecule has 1 aromatic heterocycles. The molecule has 0 amide bonds. The second-order valence-corrected chi connectivity index (χ2v) is 3.52. The van der Waals surface area contributed by atoms with Crippen LogP contribution >= 0.6 is 0 Å². The zero-order chi connectivity index (χ0) is 10.5. The molecule has 3 heteroatoms. The summed E-state index contributed by atoms with van der Waals surface area (Å²) in [7, 11) is 0. The van der Waals surface area contributed by atoms with Gasteiger partial charge < -0.3 is 10.7 Å². The smallest absolute Gasteiger partial charge is 0.113 e. The highest BCUT2D eigenvalue weighted by molar-refractivity contribution is 5.25. The topological polar surface area (TPSA) is 54.7 Å². The number of aromatic amines is 1. The molecule has 0 aliphatic rings. The van der Waals surface area contributed by atoms with E-state index < -0.39 is 0 Å². The van der Waals surface area contributed by atoms with Gasteiger partial charge in [0, 0.05) is 18.3 Å². The summed E-state index contributed by atoms with van der Waals surface area (Å²) in [6.07, 6.45) is 4.54.